The first-order valence-electron chi connectivity index (χ1n) is 8.49. The largest absolute Gasteiger partial charge is 0.354 e. The summed E-state index contributed by atoms with van der Waals surface area (Å²) in [7, 11) is 0. The number of nitrogens with two attached hydrogens (primary N) is 1. The molecular weight excluding hydrogens is 248 g/mol. The highest BCUT2D eigenvalue weighted by Crippen LogP contribution is 2.59. The zero-order chi connectivity index (χ0) is 14.3. The van der Waals surface area contributed by atoms with Crippen LogP contribution in [0, 0.1) is 29.1 Å². The van der Waals surface area contributed by atoms with Crippen LogP contribution in [-0.2, 0) is 4.79 Å². The molecule has 0 saturated heterocycles. The molecule has 4 rings (SSSR count). The lowest BCUT2D eigenvalue weighted by molar-refractivity contribution is -0.124. The maximum atomic E-state index is 12.1. The average Bonchev–Trinajstić information content (AvgIpc) is 2.33. The maximum Gasteiger partial charge on any atom is 0.236 e. The van der Waals surface area contributed by atoms with E-state index in [0.29, 0.717) is 11.3 Å². The molecule has 0 aliphatic heterocycles. The molecule has 4 aliphatic rings. The van der Waals surface area contributed by atoms with E-state index in [-0.39, 0.29) is 11.9 Å². The maximum absolute atomic E-state index is 12.1. The lowest BCUT2D eigenvalue weighted by Gasteiger charge is -2.57. The molecule has 3 heteroatoms. The molecule has 0 aromatic heterocycles. The fraction of sp³-hybridized carbons (Fsp3) is 0.941. The third-order valence-electron chi connectivity index (χ3n) is 5.86. The molecule has 4 aliphatic carbocycles. The van der Waals surface area contributed by atoms with Gasteiger partial charge in [0.2, 0.25) is 5.91 Å². The highest BCUT2D eigenvalue weighted by Gasteiger charge is 2.50. The Kier molecular flexibility index (Phi) is 3.83. The summed E-state index contributed by atoms with van der Waals surface area (Å²) < 4.78 is 0. The summed E-state index contributed by atoms with van der Waals surface area (Å²) in [6.45, 7) is 5.11. The van der Waals surface area contributed by atoms with Crippen LogP contribution in [0.3, 0.4) is 0 Å². The van der Waals surface area contributed by atoms with E-state index in [1.54, 1.807) is 0 Å². The minimum absolute atomic E-state index is 0.0643. The van der Waals surface area contributed by atoms with E-state index < -0.39 is 0 Å². The van der Waals surface area contributed by atoms with Crippen LogP contribution in [0.25, 0.3) is 0 Å². The molecule has 1 atom stereocenters. The molecule has 0 aromatic rings. The van der Waals surface area contributed by atoms with E-state index in [1.165, 1.54) is 38.5 Å². The van der Waals surface area contributed by atoms with E-state index in [2.05, 4.69) is 19.2 Å². The number of hydrogen-bond donors (Lipinski definition) is 2. The van der Waals surface area contributed by atoms with Crippen molar-refractivity contribution in [1.29, 1.82) is 0 Å². The number of amides is 1. The fourth-order valence-electron chi connectivity index (χ4n) is 5.53. The van der Waals surface area contributed by atoms with Gasteiger partial charge in [0, 0.05) is 6.54 Å². The fourth-order valence-corrected chi connectivity index (χ4v) is 5.53. The third kappa shape index (κ3) is 2.88. The number of carbonyl (C=O) groups is 1. The monoisotopic (exact) mass is 278 g/mol. The molecule has 114 valence electrons. The van der Waals surface area contributed by atoms with Crippen molar-refractivity contribution in [1.82, 2.24) is 5.32 Å². The van der Waals surface area contributed by atoms with Gasteiger partial charge in [-0.05, 0) is 74.0 Å². The molecule has 0 spiro atoms. The van der Waals surface area contributed by atoms with Crippen LogP contribution >= 0.6 is 0 Å². The highest BCUT2D eigenvalue weighted by atomic mass is 16.2. The van der Waals surface area contributed by atoms with Crippen LogP contribution < -0.4 is 11.1 Å². The smallest absolute Gasteiger partial charge is 0.236 e. The molecule has 1 amide bonds. The SMILES string of the molecule is CC(C)C[C@H](N)C(=O)NCC12CC3CC(CC(C3)C1)C2. The van der Waals surface area contributed by atoms with Crippen molar-refractivity contribution in [3.8, 4) is 0 Å². The molecular formula is C17H30N2O. The second kappa shape index (κ2) is 5.32. The summed E-state index contributed by atoms with van der Waals surface area (Å²) in [4.78, 5) is 12.1. The average molecular weight is 278 g/mol. The highest BCUT2D eigenvalue weighted by molar-refractivity contribution is 5.81. The van der Waals surface area contributed by atoms with Crippen molar-refractivity contribution in [2.24, 2.45) is 34.8 Å². The summed E-state index contributed by atoms with van der Waals surface area (Å²) in [6, 6.07) is -0.330. The van der Waals surface area contributed by atoms with Crippen LogP contribution in [0.2, 0.25) is 0 Å². The van der Waals surface area contributed by atoms with Crippen LogP contribution in [0.5, 0.6) is 0 Å². The molecule has 0 aromatic carbocycles. The van der Waals surface area contributed by atoms with Crippen LogP contribution in [0.1, 0.15) is 58.8 Å². The predicted octanol–water partition coefficient (Wildman–Crippen LogP) is 2.69. The van der Waals surface area contributed by atoms with Gasteiger partial charge in [-0.15, -0.1) is 0 Å². The van der Waals surface area contributed by atoms with Gasteiger partial charge in [0.15, 0.2) is 0 Å². The molecule has 4 bridgehead atoms. The van der Waals surface area contributed by atoms with E-state index in [1.807, 2.05) is 0 Å². The van der Waals surface area contributed by atoms with Gasteiger partial charge >= 0.3 is 0 Å². The van der Waals surface area contributed by atoms with Gasteiger partial charge in [0.05, 0.1) is 6.04 Å². The minimum atomic E-state index is -0.330. The van der Waals surface area contributed by atoms with Crippen LogP contribution in [-0.4, -0.2) is 18.5 Å². The van der Waals surface area contributed by atoms with Gasteiger partial charge in [-0.2, -0.15) is 0 Å². The quantitative estimate of drug-likeness (QED) is 0.812. The Balaban J connectivity index is 1.54. The summed E-state index contributed by atoms with van der Waals surface area (Å²) in [5.41, 5.74) is 6.40. The molecule has 4 saturated carbocycles. The Morgan fingerprint density at radius 1 is 1.15 bits per heavy atom. The summed E-state index contributed by atoms with van der Waals surface area (Å²) in [6.07, 6.45) is 9.20. The van der Waals surface area contributed by atoms with Crippen molar-refractivity contribution in [2.75, 3.05) is 6.54 Å². The minimum Gasteiger partial charge on any atom is -0.354 e. The van der Waals surface area contributed by atoms with E-state index in [9.17, 15) is 4.79 Å². The normalized spacial score (nSPS) is 40.1. The molecule has 0 unspecified atom stereocenters. The number of nitrogens with one attached hydrogen (secondary N) is 1. The van der Waals surface area contributed by atoms with Crippen molar-refractivity contribution in [3.05, 3.63) is 0 Å². The first kappa shape index (κ1) is 14.4. The topological polar surface area (TPSA) is 55.1 Å². The number of carbonyl (C=O) groups excluding carboxylic acids is 1. The molecule has 0 radical (unpaired) electrons. The van der Waals surface area contributed by atoms with Gasteiger partial charge in [0.1, 0.15) is 0 Å². The van der Waals surface area contributed by atoms with Crippen LogP contribution in [0.4, 0.5) is 0 Å². The number of hydrogen-bond acceptors (Lipinski definition) is 2. The second-order valence-corrected chi connectivity index (χ2v) is 8.37. The summed E-state index contributed by atoms with van der Waals surface area (Å²) >= 11 is 0. The number of rotatable bonds is 5. The van der Waals surface area contributed by atoms with Gasteiger partial charge in [-0.1, -0.05) is 13.8 Å². The standard InChI is InChI=1S/C17H30N2O/c1-11(2)3-15(18)16(20)19-10-17-7-12-4-13(8-17)6-14(5-12)9-17/h11-15H,3-10,18H2,1-2H3,(H,19,20)/t12?,13?,14?,15-,17?/m0/s1. The molecule has 3 N–H and O–H groups in total. The zero-order valence-corrected chi connectivity index (χ0v) is 13.0. The molecule has 3 nitrogen and oxygen atoms in total. The summed E-state index contributed by atoms with van der Waals surface area (Å²) in [5.74, 6) is 3.39. The summed E-state index contributed by atoms with van der Waals surface area (Å²) in [5, 5.41) is 3.18. The Morgan fingerprint density at radius 3 is 2.10 bits per heavy atom. The Hall–Kier alpha value is -0.570. The van der Waals surface area contributed by atoms with E-state index in [4.69, 9.17) is 5.73 Å². The molecule has 4 fully saturated rings. The van der Waals surface area contributed by atoms with Crippen LogP contribution in [0.15, 0.2) is 0 Å². The van der Waals surface area contributed by atoms with Crippen molar-refractivity contribution in [2.45, 2.75) is 64.8 Å². The van der Waals surface area contributed by atoms with Gasteiger partial charge in [0.25, 0.3) is 0 Å². The molecule has 0 heterocycles. The second-order valence-electron chi connectivity index (χ2n) is 8.37. The first-order valence-corrected chi connectivity index (χ1v) is 8.49. The van der Waals surface area contributed by atoms with Crippen molar-refractivity contribution >= 4 is 5.91 Å². The Morgan fingerprint density at radius 2 is 1.65 bits per heavy atom. The van der Waals surface area contributed by atoms with Gasteiger partial charge in [-0.3, -0.25) is 4.79 Å². The van der Waals surface area contributed by atoms with Gasteiger partial charge in [-0.25, -0.2) is 0 Å². The van der Waals surface area contributed by atoms with E-state index >= 15 is 0 Å². The van der Waals surface area contributed by atoms with Crippen molar-refractivity contribution in [3.63, 3.8) is 0 Å². The zero-order valence-electron chi connectivity index (χ0n) is 13.0. The Bertz CT molecular complexity index is 342. The third-order valence-corrected chi connectivity index (χ3v) is 5.86. The Labute approximate surface area is 123 Å². The molecule has 20 heavy (non-hydrogen) atoms. The lowest BCUT2D eigenvalue weighted by Crippen LogP contribution is -2.53. The van der Waals surface area contributed by atoms with Crippen molar-refractivity contribution < 1.29 is 4.79 Å². The predicted molar refractivity (Wildman–Crippen MR) is 81.0 cm³/mol. The van der Waals surface area contributed by atoms with Gasteiger partial charge < -0.3 is 11.1 Å². The van der Waals surface area contributed by atoms with E-state index in [0.717, 1.165) is 30.7 Å². The lowest BCUT2D eigenvalue weighted by atomic mass is 9.49. The first-order chi connectivity index (χ1) is 9.46.